The summed E-state index contributed by atoms with van der Waals surface area (Å²) in [6.07, 6.45) is -2.83. The van der Waals surface area contributed by atoms with E-state index in [9.17, 15) is 15.0 Å². The fraction of sp³-hybridized carbons (Fsp3) is 0.367. The lowest BCUT2D eigenvalue weighted by atomic mass is 9.89. The number of aryl methyl sites for hydroxylation is 1. The topological polar surface area (TPSA) is 97.3 Å². The molecule has 1 saturated heterocycles. The van der Waals surface area contributed by atoms with E-state index in [1.165, 1.54) is 12.7 Å². The standard InChI is InChI=1S/C30H34ClNO6/c1-30(2)27(36-3)25(33)26(34)29(38-30)37-22-14-15-23(20-12-7-13-21(31)17-20)24(18-22)28(35)32-16-8-11-19-9-5-4-6-10-19/h4-7,9-10,12-15,17-18,25-27,29,33-34H,8,11,16H2,1-3H3,(H,32,35)/t25-,26+,27+,29+/m0/s1. The van der Waals surface area contributed by atoms with E-state index >= 15 is 0 Å². The molecular formula is C30H34ClNO6. The van der Waals surface area contributed by atoms with Gasteiger partial charge in [0.25, 0.3) is 5.91 Å². The third-order valence-corrected chi connectivity index (χ3v) is 6.93. The smallest absolute Gasteiger partial charge is 0.252 e. The number of amides is 1. The van der Waals surface area contributed by atoms with E-state index in [1.807, 2.05) is 30.3 Å². The monoisotopic (exact) mass is 539 g/mol. The summed E-state index contributed by atoms with van der Waals surface area (Å²) in [4.78, 5) is 13.3. The molecule has 0 aromatic heterocycles. The Balaban J connectivity index is 1.55. The van der Waals surface area contributed by atoms with Crippen molar-refractivity contribution in [1.29, 1.82) is 0 Å². The molecule has 7 nitrogen and oxygen atoms in total. The second-order valence-electron chi connectivity index (χ2n) is 9.91. The molecule has 3 aromatic rings. The Morgan fingerprint density at radius 2 is 1.79 bits per heavy atom. The maximum Gasteiger partial charge on any atom is 0.252 e. The van der Waals surface area contributed by atoms with Crippen molar-refractivity contribution in [3.05, 3.63) is 88.9 Å². The Kier molecular flexibility index (Phi) is 9.07. The summed E-state index contributed by atoms with van der Waals surface area (Å²) in [6, 6.07) is 22.5. The number of methoxy groups -OCH3 is 1. The van der Waals surface area contributed by atoms with E-state index < -0.39 is 30.2 Å². The van der Waals surface area contributed by atoms with Gasteiger partial charge in [-0.1, -0.05) is 54.1 Å². The molecule has 8 heteroatoms. The SMILES string of the molecule is CO[C@@H]1[C@@H](O)[C@@H](O)[C@H](Oc2ccc(-c3cccc(Cl)c3)c(C(=O)NCCCc3ccccc3)c2)OC1(C)C. The van der Waals surface area contributed by atoms with Crippen LogP contribution in [0.2, 0.25) is 5.02 Å². The molecule has 4 atom stereocenters. The van der Waals surface area contributed by atoms with Crippen LogP contribution in [0.5, 0.6) is 5.75 Å². The Labute approximate surface area is 228 Å². The molecule has 1 amide bonds. The highest BCUT2D eigenvalue weighted by Gasteiger charge is 2.50. The zero-order valence-electron chi connectivity index (χ0n) is 21.8. The van der Waals surface area contributed by atoms with Gasteiger partial charge in [0.1, 0.15) is 24.1 Å². The first kappa shape index (κ1) is 28.1. The lowest BCUT2D eigenvalue weighted by Crippen LogP contribution is -2.63. The summed E-state index contributed by atoms with van der Waals surface area (Å²) < 4.78 is 17.2. The summed E-state index contributed by atoms with van der Waals surface area (Å²) in [5.74, 6) is 0.0524. The van der Waals surface area contributed by atoms with E-state index in [4.69, 9.17) is 25.8 Å². The number of carbonyl (C=O) groups is 1. The van der Waals surface area contributed by atoms with Crippen LogP contribution in [0.4, 0.5) is 0 Å². The Bertz CT molecular complexity index is 1230. The second kappa shape index (κ2) is 12.3. The lowest BCUT2D eigenvalue weighted by molar-refractivity contribution is -0.305. The minimum Gasteiger partial charge on any atom is -0.462 e. The molecule has 3 N–H and O–H groups in total. The lowest BCUT2D eigenvalue weighted by Gasteiger charge is -2.46. The average molecular weight is 540 g/mol. The van der Waals surface area contributed by atoms with Crippen LogP contribution in [0.25, 0.3) is 11.1 Å². The summed E-state index contributed by atoms with van der Waals surface area (Å²) in [7, 11) is 1.45. The predicted molar refractivity (Wildman–Crippen MR) is 146 cm³/mol. The minimum absolute atomic E-state index is 0.261. The van der Waals surface area contributed by atoms with Crippen LogP contribution in [-0.4, -0.2) is 60.0 Å². The third-order valence-electron chi connectivity index (χ3n) is 6.69. The van der Waals surface area contributed by atoms with Gasteiger partial charge in [-0.3, -0.25) is 4.79 Å². The number of halogens is 1. The average Bonchev–Trinajstić information content (AvgIpc) is 2.90. The zero-order chi connectivity index (χ0) is 27.3. The zero-order valence-corrected chi connectivity index (χ0v) is 22.5. The number of benzene rings is 3. The van der Waals surface area contributed by atoms with Crippen LogP contribution in [-0.2, 0) is 15.9 Å². The number of rotatable bonds is 9. The maximum atomic E-state index is 13.3. The van der Waals surface area contributed by atoms with E-state index in [-0.39, 0.29) is 5.91 Å². The van der Waals surface area contributed by atoms with E-state index in [1.54, 1.807) is 44.2 Å². The number of nitrogens with one attached hydrogen (secondary N) is 1. The first-order valence-corrected chi connectivity index (χ1v) is 13.0. The van der Waals surface area contributed by atoms with Gasteiger partial charge < -0.3 is 29.7 Å². The van der Waals surface area contributed by atoms with Crippen molar-refractivity contribution in [2.24, 2.45) is 0 Å². The fourth-order valence-corrected chi connectivity index (χ4v) is 4.96. The molecule has 202 valence electrons. The van der Waals surface area contributed by atoms with E-state index in [0.29, 0.717) is 28.4 Å². The highest BCUT2D eigenvalue weighted by molar-refractivity contribution is 6.30. The number of aliphatic hydroxyl groups is 2. The summed E-state index contributed by atoms with van der Waals surface area (Å²) in [6.45, 7) is 4.00. The Hall–Kier alpha value is -2.94. The molecule has 1 aliphatic rings. The number of carbonyl (C=O) groups excluding carboxylic acids is 1. The molecule has 3 aromatic carbocycles. The molecule has 0 saturated carbocycles. The van der Waals surface area contributed by atoms with Crippen molar-refractivity contribution >= 4 is 17.5 Å². The number of aliphatic hydroxyl groups excluding tert-OH is 2. The summed E-state index contributed by atoms with van der Waals surface area (Å²) in [5.41, 5.74) is 2.16. The van der Waals surface area contributed by atoms with Crippen molar-refractivity contribution in [2.75, 3.05) is 13.7 Å². The van der Waals surface area contributed by atoms with Gasteiger partial charge in [0.15, 0.2) is 0 Å². The van der Waals surface area contributed by atoms with Gasteiger partial charge in [-0.25, -0.2) is 0 Å². The van der Waals surface area contributed by atoms with Crippen molar-refractivity contribution in [3.8, 4) is 16.9 Å². The van der Waals surface area contributed by atoms with E-state index in [0.717, 1.165) is 18.4 Å². The van der Waals surface area contributed by atoms with Gasteiger partial charge in [-0.05, 0) is 73.7 Å². The molecule has 1 aliphatic heterocycles. The molecule has 0 radical (unpaired) electrons. The van der Waals surface area contributed by atoms with Gasteiger partial charge in [-0.15, -0.1) is 0 Å². The highest BCUT2D eigenvalue weighted by atomic mass is 35.5. The van der Waals surface area contributed by atoms with Gasteiger partial charge in [0, 0.05) is 18.7 Å². The van der Waals surface area contributed by atoms with Crippen molar-refractivity contribution in [1.82, 2.24) is 5.32 Å². The number of ether oxygens (including phenoxy) is 3. The normalized spacial score (nSPS) is 22.6. The highest BCUT2D eigenvalue weighted by Crippen LogP contribution is 2.34. The number of hydrogen-bond acceptors (Lipinski definition) is 6. The summed E-state index contributed by atoms with van der Waals surface area (Å²) in [5, 5.41) is 24.8. The Morgan fingerprint density at radius 3 is 2.50 bits per heavy atom. The number of hydrogen-bond donors (Lipinski definition) is 3. The first-order chi connectivity index (χ1) is 18.2. The Morgan fingerprint density at radius 1 is 1.03 bits per heavy atom. The molecule has 0 spiro atoms. The van der Waals surface area contributed by atoms with Gasteiger partial charge in [-0.2, -0.15) is 0 Å². The quantitative estimate of drug-likeness (QED) is 0.343. The molecule has 1 fully saturated rings. The van der Waals surface area contributed by atoms with Crippen LogP contribution < -0.4 is 10.1 Å². The van der Waals surface area contributed by atoms with Crippen molar-refractivity contribution in [3.63, 3.8) is 0 Å². The summed E-state index contributed by atoms with van der Waals surface area (Å²) >= 11 is 6.22. The van der Waals surface area contributed by atoms with Crippen LogP contribution in [0.15, 0.2) is 72.8 Å². The van der Waals surface area contributed by atoms with Crippen molar-refractivity contribution in [2.45, 2.75) is 56.9 Å². The molecule has 4 rings (SSSR count). The van der Waals surface area contributed by atoms with Crippen LogP contribution in [0.1, 0.15) is 36.2 Å². The fourth-order valence-electron chi connectivity index (χ4n) is 4.77. The van der Waals surface area contributed by atoms with E-state index in [2.05, 4.69) is 17.4 Å². The molecule has 0 unspecified atom stereocenters. The molecular weight excluding hydrogens is 506 g/mol. The van der Waals surface area contributed by atoms with Crippen LogP contribution in [0, 0.1) is 0 Å². The van der Waals surface area contributed by atoms with Crippen molar-refractivity contribution < 1.29 is 29.2 Å². The largest absolute Gasteiger partial charge is 0.462 e. The van der Waals surface area contributed by atoms with Crippen LogP contribution in [0.3, 0.4) is 0 Å². The predicted octanol–water partition coefficient (Wildman–Crippen LogP) is 4.62. The van der Waals surface area contributed by atoms with Gasteiger partial charge >= 0.3 is 0 Å². The molecule has 0 aliphatic carbocycles. The molecule has 38 heavy (non-hydrogen) atoms. The van der Waals surface area contributed by atoms with Crippen LogP contribution >= 0.6 is 11.6 Å². The first-order valence-electron chi connectivity index (χ1n) is 12.6. The molecule has 1 heterocycles. The maximum absolute atomic E-state index is 13.3. The second-order valence-corrected chi connectivity index (χ2v) is 10.3. The van der Waals surface area contributed by atoms with Gasteiger partial charge in [0.2, 0.25) is 6.29 Å². The third kappa shape index (κ3) is 6.54. The van der Waals surface area contributed by atoms with Gasteiger partial charge in [0.05, 0.1) is 11.2 Å². The molecule has 0 bridgehead atoms. The minimum atomic E-state index is -1.35.